The van der Waals surface area contributed by atoms with Crippen LogP contribution in [-0.2, 0) is 15.3 Å². The van der Waals surface area contributed by atoms with Gasteiger partial charge in [0.1, 0.15) is 11.9 Å². The van der Waals surface area contributed by atoms with Gasteiger partial charge in [0.2, 0.25) is 6.41 Å². The molecule has 0 aliphatic carbocycles. The fraction of sp³-hybridized carbons (Fsp3) is 0.300. The van der Waals surface area contributed by atoms with Gasteiger partial charge in [-0.05, 0) is 11.6 Å². The maximum atomic E-state index is 12.8. The smallest absolute Gasteiger partial charge is 0.327 e. The van der Waals surface area contributed by atoms with Crippen LogP contribution in [0.4, 0.5) is 4.39 Å². The van der Waals surface area contributed by atoms with E-state index in [2.05, 4.69) is 10.3 Å². The third-order valence-electron chi connectivity index (χ3n) is 1.88. The summed E-state index contributed by atoms with van der Waals surface area (Å²) in [6, 6.07) is 0.405. The highest BCUT2D eigenvalue weighted by atomic mass is 32.2. The molecule has 0 spiro atoms. The predicted octanol–water partition coefficient (Wildman–Crippen LogP) is 0.653. The Balaban J connectivity index is 2.40. The lowest BCUT2D eigenvalue weighted by Crippen LogP contribution is -2.37. The zero-order valence-corrected chi connectivity index (χ0v) is 9.61. The number of hydrogen-bond acceptors (Lipinski definition) is 4. The SMILES string of the molecule is O=CNC(CSCc1cncc(F)c1)C(=O)O. The van der Waals surface area contributed by atoms with Crippen molar-refractivity contribution < 1.29 is 19.1 Å². The summed E-state index contributed by atoms with van der Waals surface area (Å²) >= 11 is 1.28. The molecule has 0 saturated carbocycles. The number of carbonyl (C=O) groups is 2. The standard InChI is InChI=1S/C10H11FN2O3S/c11-8-1-7(2-12-3-8)4-17-5-9(10(15)16)13-6-14/h1-3,6,9H,4-5H2,(H,13,14)(H,15,16). The first-order valence-electron chi connectivity index (χ1n) is 4.73. The molecule has 1 aromatic rings. The van der Waals surface area contributed by atoms with Crippen molar-refractivity contribution in [3.63, 3.8) is 0 Å². The molecule has 1 rings (SSSR count). The van der Waals surface area contributed by atoms with E-state index in [0.29, 0.717) is 17.7 Å². The number of pyridine rings is 1. The second kappa shape index (κ2) is 6.85. The van der Waals surface area contributed by atoms with Gasteiger partial charge in [-0.15, -0.1) is 0 Å². The van der Waals surface area contributed by atoms with Crippen LogP contribution in [0.3, 0.4) is 0 Å². The Morgan fingerprint density at radius 3 is 3.00 bits per heavy atom. The molecule has 92 valence electrons. The number of carboxylic acid groups (broad SMARTS) is 1. The number of halogens is 1. The van der Waals surface area contributed by atoms with Crippen molar-refractivity contribution in [1.29, 1.82) is 0 Å². The average Bonchev–Trinajstić information content (AvgIpc) is 2.28. The molecular weight excluding hydrogens is 247 g/mol. The van der Waals surface area contributed by atoms with E-state index < -0.39 is 17.8 Å². The Kier molecular flexibility index (Phi) is 5.41. The second-order valence-electron chi connectivity index (χ2n) is 3.20. The first-order valence-corrected chi connectivity index (χ1v) is 5.88. The number of amides is 1. The van der Waals surface area contributed by atoms with Crippen LogP contribution in [0.25, 0.3) is 0 Å². The van der Waals surface area contributed by atoms with Gasteiger partial charge >= 0.3 is 5.97 Å². The molecule has 0 aromatic carbocycles. The van der Waals surface area contributed by atoms with Crippen molar-refractivity contribution >= 4 is 24.1 Å². The number of carbonyl (C=O) groups excluding carboxylic acids is 1. The topological polar surface area (TPSA) is 79.3 Å². The van der Waals surface area contributed by atoms with Crippen LogP contribution >= 0.6 is 11.8 Å². The first kappa shape index (κ1) is 13.4. The minimum absolute atomic E-state index is 0.213. The second-order valence-corrected chi connectivity index (χ2v) is 4.23. The summed E-state index contributed by atoms with van der Waals surface area (Å²) in [6.07, 6.45) is 2.96. The van der Waals surface area contributed by atoms with Crippen LogP contribution in [0.2, 0.25) is 0 Å². The van der Waals surface area contributed by atoms with Gasteiger partial charge in [-0.3, -0.25) is 9.78 Å². The molecule has 0 radical (unpaired) electrons. The molecule has 0 aliphatic heterocycles. The third-order valence-corrected chi connectivity index (χ3v) is 2.99. The van der Waals surface area contributed by atoms with Crippen LogP contribution in [-0.4, -0.2) is 34.3 Å². The number of thioether (sulfide) groups is 1. The molecule has 7 heteroatoms. The Morgan fingerprint density at radius 2 is 2.41 bits per heavy atom. The maximum absolute atomic E-state index is 12.8. The molecule has 0 saturated heterocycles. The van der Waals surface area contributed by atoms with Gasteiger partial charge < -0.3 is 10.4 Å². The lowest BCUT2D eigenvalue weighted by Gasteiger charge is -2.10. The van der Waals surface area contributed by atoms with Crippen molar-refractivity contribution in [2.24, 2.45) is 0 Å². The van der Waals surface area contributed by atoms with Crippen LogP contribution in [0.1, 0.15) is 5.56 Å². The van der Waals surface area contributed by atoms with Crippen LogP contribution in [0.5, 0.6) is 0 Å². The molecule has 1 aromatic heterocycles. The maximum Gasteiger partial charge on any atom is 0.327 e. The number of aromatic nitrogens is 1. The summed E-state index contributed by atoms with van der Waals surface area (Å²) in [4.78, 5) is 24.5. The summed E-state index contributed by atoms with van der Waals surface area (Å²) in [7, 11) is 0. The van der Waals surface area contributed by atoms with Gasteiger partial charge in [-0.25, -0.2) is 9.18 Å². The van der Waals surface area contributed by atoms with Crippen molar-refractivity contribution in [2.45, 2.75) is 11.8 Å². The van der Waals surface area contributed by atoms with E-state index in [4.69, 9.17) is 5.11 Å². The number of aliphatic carboxylic acids is 1. The number of rotatable bonds is 7. The van der Waals surface area contributed by atoms with E-state index in [0.717, 1.165) is 6.20 Å². The van der Waals surface area contributed by atoms with Crippen LogP contribution < -0.4 is 5.32 Å². The van der Waals surface area contributed by atoms with Gasteiger partial charge in [0.15, 0.2) is 0 Å². The highest BCUT2D eigenvalue weighted by Gasteiger charge is 2.15. The fourth-order valence-electron chi connectivity index (χ4n) is 1.10. The summed E-state index contributed by atoms with van der Waals surface area (Å²) in [5.41, 5.74) is 0.672. The van der Waals surface area contributed by atoms with Crippen LogP contribution in [0.15, 0.2) is 18.5 Å². The summed E-state index contributed by atoms with van der Waals surface area (Å²) in [5, 5.41) is 10.9. The minimum atomic E-state index is -1.10. The Bertz CT molecular complexity index is 403. The normalized spacial score (nSPS) is 11.8. The van der Waals surface area contributed by atoms with Crippen molar-refractivity contribution in [3.05, 3.63) is 29.8 Å². The Morgan fingerprint density at radius 1 is 1.65 bits per heavy atom. The number of nitrogens with zero attached hydrogens (tertiary/aromatic N) is 1. The molecule has 5 nitrogen and oxygen atoms in total. The number of carboxylic acids is 1. The quantitative estimate of drug-likeness (QED) is 0.702. The zero-order valence-electron chi connectivity index (χ0n) is 8.80. The van der Waals surface area contributed by atoms with Gasteiger partial charge in [-0.2, -0.15) is 11.8 Å². The Labute approximate surface area is 101 Å². The molecule has 1 unspecified atom stereocenters. The molecule has 0 aliphatic rings. The van der Waals surface area contributed by atoms with E-state index >= 15 is 0 Å². The van der Waals surface area contributed by atoms with E-state index in [1.54, 1.807) is 0 Å². The lowest BCUT2D eigenvalue weighted by molar-refractivity contribution is -0.139. The highest BCUT2D eigenvalue weighted by Crippen LogP contribution is 2.13. The van der Waals surface area contributed by atoms with E-state index in [9.17, 15) is 14.0 Å². The van der Waals surface area contributed by atoms with Gasteiger partial charge in [0, 0.05) is 17.7 Å². The van der Waals surface area contributed by atoms with E-state index in [-0.39, 0.29) is 5.75 Å². The molecule has 0 bridgehead atoms. The predicted molar refractivity (Wildman–Crippen MR) is 61.0 cm³/mol. The molecule has 1 amide bonds. The van der Waals surface area contributed by atoms with Gasteiger partial charge in [-0.1, -0.05) is 0 Å². The lowest BCUT2D eigenvalue weighted by atomic mass is 10.3. The summed E-state index contributed by atoms with van der Waals surface area (Å²) in [5.74, 6) is -0.870. The van der Waals surface area contributed by atoms with Gasteiger partial charge in [0.05, 0.1) is 6.20 Å². The van der Waals surface area contributed by atoms with Crippen molar-refractivity contribution in [2.75, 3.05) is 5.75 Å². The van der Waals surface area contributed by atoms with Crippen LogP contribution in [0, 0.1) is 5.82 Å². The highest BCUT2D eigenvalue weighted by molar-refractivity contribution is 7.98. The first-order chi connectivity index (χ1) is 8.13. The van der Waals surface area contributed by atoms with E-state index in [1.807, 2.05) is 0 Å². The molecule has 2 N–H and O–H groups in total. The summed E-state index contributed by atoms with van der Waals surface area (Å²) < 4.78 is 12.8. The molecule has 1 atom stereocenters. The summed E-state index contributed by atoms with van der Waals surface area (Å²) in [6.45, 7) is 0. The number of hydrogen-bond donors (Lipinski definition) is 2. The van der Waals surface area contributed by atoms with Gasteiger partial charge in [0.25, 0.3) is 0 Å². The van der Waals surface area contributed by atoms with Crippen molar-refractivity contribution in [3.8, 4) is 0 Å². The average molecular weight is 258 g/mol. The minimum Gasteiger partial charge on any atom is -0.480 e. The molecular formula is C10H11FN2O3S. The fourth-order valence-corrected chi connectivity index (χ4v) is 2.09. The largest absolute Gasteiger partial charge is 0.480 e. The monoisotopic (exact) mass is 258 g/mol. The van der Waals surface area contributed by atoms with E-state index in [1.165, 1.54) is 24.0 Å². The molecule has 0 fully saturated rings. The third kappa shape index (κ3) is 4.81. The number of nitrogens with one attached hydrogen (secondary N) is 1. The zero-order chi connectivity index (χ0) is 12.7. The molecule has 17 heavy (non-hydrogen) atoms. The Hall–Kier alpha value is -1.63. The molecule has 1 heterocycles. The van der Waals surface area contributed by atoms with Crippen molar-refractivity contribution in [1.82, 2.24) is 10.3 Å².